The number of aromatic nitrogens is 3. The van der Waals surface area contributed by atoms with Gasteiger partial charge in [0.05, 0.1) is 18.3 Å². The fourth-order valence-electron chi connectivity index (χ4n) is 3.36. The quantitative estimate of drug-likeness (QED) is 0.750. The monoisotopic (exact) mass is 365 g/mol. The molecule has 1 aromatic carbocycles. The van der Waals surface area contributed by atoms with Crippen LogP contribution in [0.15, 0.2) is 48.9 Å². The maximum Gasteiger partial charge on any atom is 0.234 e. The van der Waals surface area contributed by atoms with E-state index < -0.39 is 0 Å². The molecule has 1 amide bonds. The summed E-state index contributed by atoms with van der Waals surface area (Å²) >= 11 is 0. The van der Waals surface area contributed by atoms with Gasteiger partial charge in [-0.1, -0.05) is 25.1 Å². The molecule has 0 saturated heterocycles. The minimum absolute atomic E-state index is 0.00811. The molecule has 3 heterocycles. The van der Waals surface area contributed by atoms with Gasteiger partial charge in [0.25, 0.3) is 0 Å². The maximum atomic E-state index is 12.6. The molecule has 0 aliphatic carbocycles. The van der Waals surface area contributed by atoms with Gasteiger partial charge in [-0.25, -0.2) is 9.97 Å². The van der Waals surface area contributed by atoms with Gasteiger partial charge in [-0.3, -0.25) is 14.1 Å². The molecule has 1 aliphatic rings. The molecular weight excluding hydrogens is 342 g/mol. The molecule has 140 valence electrons. The van der Waals surface area contributed by atoms with Crippen molar-refractivity contribution in [3.8, 4) is 5.75 Å². The normalized spacial score (nSPS) is 15.6. The van der Waals surface area contributed by atoms with E-state index in [0.29, 0.717) is 25.5 Å². The van der Waals surface area contributed by atoms with E-state index in [9.17, 15) is 4.79 Å². The molecule has 0 radical (unpaired) electrons. The lowest BCUT2D eigenvalue weighted by atomic mass is 10.1. The fourth-order valence-corrected chi connectivity index (χ4v) is 3.36. The van der Waals surface area contributed by atoms with E-state index in [4.69, 9.17) is 4.74 Å². The number of imidazole rings is 1. The van der Waals surface area contributed by atoms with Gasteiger partial charge in [0.2, 0.25) is 11.7 Å². The average Bonchev–Trinajstić information content (AvgIpc) is 3.00. The van der Waals surface area contributed by atoms with Crippen LogP contribution in [0, 0.1) is 0 Å². The van der Waals surface area contributed by atoms with Crippen molar-refractivity contribution in [3.63, 3.8) is 0 Å². The van der Waals surface area contributed by atoms with E-state index in [1.165, 1.54) is 0 Å². The molecule has 3 aromatic rings. The Hall–Kier alpha value is -2.93. The van der Waals surface area contributed by atoms with Crippen LogP contribution in [0.4, 0.5) is 0 Å². The van der Waals surface area contributed by atoms with Gasteiger partial charge >= 0.3 is 0 Å². The Balaban J connectivity index is 1.42. The Bertz CT molecular complexity index is 906. The number of carbonyl (C=O) groups is 1. The number of amides is 1. The van der Waals surface area contributed by atoms with Crippen molar-refractivity contribution in [2.45, 2.75) is 25.9 Å². The van der Waals surface area contributed by atoms with Crippen LogP contribution in [0.1, 0.15) is 30.6 Å². The molecule has 7 heteroatoms. The third-order valence-electron chi connectivity index (χ3n) is 4.75. The standard InChI is InChI=1S/C20H23N5O2/c1-2-16(17-13-25-9-5-8-21-20(25)23-17)22-19(26)14-24-10-11-27-18-7-4-3-6-15(18)12-24/h3-9,13,16H,2,10-12,14H2,1H3,(H,22,26). The first-order valence-corrected chi connectivity index (χ1v) is 9.25. The van der Waals surface area contributed by atoms with Crippen LogP contribution in [0.25, 0.3) is 5.78 Å². The van der Waals surface area contributed by atoms with Crippen LogP contribution >= 0.6 is 0 Å². The maximum absolute atomic E-state index is 12.6. The zero-order valence-corrected chi connectivity index (χ0v) is 15.3. The van der Waals surface area contributed by atoms with Crippen molar-refractivity contribution in [1.82, 2.24) is 24.6 Å². The van der Waals surface area contributed by atoms with Crippen molar-refractivity contribution in [2.75, 3.05) is 19.7 Å². The molecule has 1 unspecified atom stereocenters. The van der Waals surface area contributed by atoms with Crippen molar-refractivity contribution >= 4 is 11.7 Å². The van der Waals surface area contributed by atoms with Crippen LogP contribution in [0.5, 0.6) is 5.75 Å². The summed E-state index contributed by atoms with van der Waals surface area (Å²) in [6, 6.07) is 9.72. The van der Waals surface area contributed by atoms with E-state index in [1.807, 2.05) is 54.0 Å². The van der Waals surface area contributed by atoms with E-state index in [1.54, 1.807) is 6.20 Å². The molecule has 0 bridgehead atoms. The lowest BCUT2D eigenvalue weighted by molar-refractivity contribution is -0.123. The van der Waals surface area contributed by atoms with E-state index in [0.717, 1.165) is 30.0 Å². The van der Waals surface area contributed by atoms with Crippen molar-refractivity contribution in [3.05, 3.63) is 60.2 Å². The summed E-state index contributed by atoms with van der Waals surface area (Å²) < 4.78 is 7.64. The topological polar surface area (TPSA) is 71.8 Å². The van der Waals surface area contributed by atoms with Crippen LogP contribution in [0.2, 0.25) is 0 Å². The van der Waals surface area contributed by atoms with Gasteiger partial charge in [0.1, 0.15) is 12.4 Å². The van der Waals surface area contributed by atoms with E-state index >= 15 is 0 Å². The Morgan fingerprint density at radius 1 is 1.33 bits per heavy atom. The smallest absolute Gasteiger partial charge is 0.234 e. The molecule has 1 N–H and O–H groups in total. The lowest BCUT2D eigenvalue weighted by Crippen LogP contribution is -2.39. The summed E-state index contributed by atoms with van der Waals surface area (Å²) in [4.78, 5) is 23.5. The second kappa shape index (κ2) is 7.75. The Morgan fingerprint density at radius 2 is 2.22 bits per heavy atom. The molecule has 27 heavy (non-hydrogen) atoms. The predicted octanol–water partition coefficient (Wildman–Crippen LogP) is 2.19. The highest BCUT2D eigenvalue weighted by atomic mass is 16.5. The minimum Gasteiger partial charge on any atom is -0.492 e. The van der Waals surface area contributed by atoms with E-state index in [2.05, 4.69) is 20.2 Å². The SMILES string of the molecule is CCC(NC(=O)CN1CCOc2ccccc2C1)c1cn2cccnc2n1. The molecule has 7 nitrogen and oxygen atoms in total. The first-order chi connectivity index (χ1) is 13.2. The van der Waals surface area contributed by atoms with Gasteiger partial charge < -0.3 is 10.1 Å². The molecule has 1 aliphatic heterocycles. The number of nitrogens with one attached hydrogen (secondary N) is 1. The zero-order chi connectivity index (χ0) is 18.6. The van der Waals surface area contributed by atoms with Crippen molar-refractivity contribution in [2.24, 2.45) is 0 Å². The first kappa shape index (κ1) is 17.5. The van der Waals surface area contributed by atoms with Gasteiger partial charge in [-0.05, 0) is 18.6 Å². The van der Waals surface area contributed by atoms with Crippen LogP contribution < -0.4 is 10.1 Å². The highest BCUT2D eigenvalue weighted by Crippen LogP contribution is 2.22. The summed E-state index contributed by atoms with van der Waals surface area (Å²) in [5.74, 6) is 1.54. The summed E-state index contributed by atoms with van der Waals surface area (Å²) in [6.07, 6.45) is 6.31. The number of para-hydroxylation sites is 1. The second-order valence-corrected chi connectivity index (χ2v) is 6.69. The average molecular weight is 365 g/mol. The predicted molar refractivity (Wildman–Crippen MR) is 101 cm³/mol. The number of carbonyl (C=O) groups excluding carboxylic acids is 1. The fraction of sp³-hybridized carbons (Fsp3) is 0.350. The Kier molecular flexibility index (Phi) is 5.02. The molecule has 2 aromatic heterocycles. The number of hydrogen-bond acceptors (Lipinski definition) is 5. The molecular formula is C20H23N5O2. The molecule has 4 rings (SSSR count). The molecule has 0 spiro atoms. The minimum atomic E-state index is -0.130. The van der Waals surface area contributed by atoms with Gasteiger partial charge in [0, 0.05) is 37.2 Å². The van der Waals surface area contributed by atoms with Gasteiger partial charge in [0.15, 0.2) is 0 Å². The molecule has 1 atom stereocenters. The third-order valence-corrected chi connectivity index (χ3v) is 4.75. The van der Waals surface area contributed by atoms with E-state index in [-0.39, 0.29) is 11.9 Å². The van der Waals surface area contributed by atoms with Crippen molar-refractivity contribution < 1.29 is 9.53 Å². The van der Waals surface area contributed by atoms with Crippen LogP contribution in [0.3, 0.4) is 0 Å². The van der Waals surface area contributed by atoms with Crippen LogP contribution in [-0.2, 0) is 11.3 Å². The summed E-state index contributed by atoms with van der Waals surface area (Å²) in [6.45, 7) is 4.38. The number of ether oxygens (including phenoxy) is 1. The summed E-state index contributed by atoms with van der Waals surface area (Å²) in [5.41, 5.74) is 1.94. The number of benzene rings is 1. The number of hydrogen-bond donors (Lipinski definition) is 1. The third kappa shape index (κ3) is 3.93. The first-order valence-electron chi connectivity index (χ1n) is 9.25. The Morgan fingerprint density at radius 3 is 3.07 bits per heavy atom. The van der Waals surface area contributed by atoms with Crippen LogP contribution in [-0.4, -0.2) is 44.9 Å². The summed E-state index contributed by atoms with van der Waals surface area (Å²) in [7, 11) is 0. The molecule has 0 saturated carbocycles. The largest absolute Gasteiger partial charge is 0.492 e. The number of rotatable bonds is 5. The lowest BCUT2D eigenvalue weighted by Gasteiger charge is -2.21. The Labute approximate surface area is 158 Å². The second-order valence-electron chi connectivity index (χ2n) is 6.69. The highest BCUT2D eigenvalue weighted by molar-refractivity contribution is 5.78. The zero-order valence-electron chi connectivity index (χ0n) is 15.3. The van der Waals surface area contributed by atoms with Gasteiger partial charge in [-0.2, -0.15) is 0 Å². The highest BCUT2D eigenvalue weighted by Gasteiger charge is 2.20. The number of nitrogens with zero attached hydrogens (tertiary/aromatic N) is 4. The number of fused-ring (bicyclic) bond motifs is 2. The van der Waals surface area contributed by atoms with Gasteiger partial charge in [-0.15, -0.1) is 0 Å². The molecule has 0 fully saturated rings. The van der Waals surface area contributed by atoms with Crippen molar-refractivity contribution in [1.29, 1.82) is 0 Å². The summed E-state index contributed by atoms with van der Waals surface area (Å²) in [5, 5.41) is 3.11.